The summed E-state index contributed by atoms with van der Waals surface area (Å²) in [5.41, 5.74) is 4.81. The van der Waals surface area contributed by atoms with Gasteiger partial charge in [0.25, 0.3) is 5.69 Å². The number of rotatable bonds is 6. The lowest BCUT2D eigenvalue weighted by atomic mass is 10.3. The van der Waals surface area contributed by atoms with Gasteiger partial charge in [0.15, 0.2) is 0 Å². The monoisotopic (exact) mass is 338 g/mol. The zero-order valence-electron chi connectivity index (χ0n) is 12.1. The maximum absolute atomic E-state index is 12.2. The van der Waals surface area contributed by atoms with E-state index in [2.05, 4.69) is 0 Å². The van der Waals surface area contributed by atoms with E-state index in [1.54, 1.807) is 19.1 Å². The summed E-state index contributed by atoms with van der Waals surface area (Å²) in [6.07, 6.45) is 0. The van der Waals surface area contributed by atoms with Crippen LogP contribution in [0.5, 0.6) is 11.5 Å². The first-order chi connectivity index (χ1) is 10.8. The molecule has 0 aliphatic carbocycles. The molecule has 0 bridgehead atoms. The van der Waals surface area contributed by atoms with E-state index in [4.69, 9.17) is 14.7 Å². The molecular formula is C14H14N2O6S. The number of nitrogens with two attached hydrogens (primary N) is 1. The highest BCUT2D eigenvalue weighted by Crippen LogP contribution is 2.28. The van der Waals surface area contributed by atoms with E-state index in [1.807, 2.05) is 0 Å². The number of ether oxygens (including phenoxy) is 1. The molecule has 0 amide bonds. The third-order valence-electron chi connectivity index (χ3n) is 2.81. The molecule has 2 rings (SSSR count). The van der Waals surface area contributed by atoms with Crippen LogP contribution in [0, 0.1) is 10.1 Å². The van der Waals surface area contributed by atoms with Gasteiger partial charge in [-0.15, -0.1) is 0 Å². The van der Waals surface area contributed by atoms with E-state index in [0.29, 0.717) is 12.4 Å². The van der Waals surface area contributed by atoms with Crippen molar-refractivity contribution in [3.8, 4) is 11.5 Å². The fourth-order valence-corrected chi connectivity index (χ4v) is 2.74. The Morgan fingerprint density at radius 2 is 1.87 bits per heavy atom. The van der Waals surface area contributed by atoms with Crippen LogP contribution in [0.4, 0.5) is 11.4 Å². The number of benzene rings is 2. The third-order valence-corrected chi connectivity index (χ3v) is 4.05. The van der Waals surface area contributed by atoms with Crippen molar-refractivity contribution in [2.75, 3.05) is 12.3 Å². The van der Waals surface area contributed by atoms with Gasteiger partial charge >= 0.3 is 10.1 Å². The second kappa shape index (κ2) is 6.53. The van der Waals surface area contributed by atoms with Crippen molar-refractivity contribution in [3.63, 3.8) is 0 Å². The molecule has 2 aromatic rings. The first kappa shape index (κ1) is 16.6. The summed E-state index contributed by atoms with van der Waals surface area (Å²) in [5, 5.41) is 10.8. The number of nitro groups is 1. The summed E-state index contributed by atoms with van der Waals surface area (Å²) in [5.74, 6) is 0.485. The van der Waals surface area contributed by atoms with Crippen LogP contribution in [0.15, 0.2) is 47.4 Å². The second-order valence-corrected chi connectivity index (χ2v) is 5.97. The molecule has 8 nitrogen and oxygen atoms in total. The highest BCUT2D eigenvalue weighted by molar-refractivity contribution is 7.87. The Bertz CT molecular complexity index is 835. The average Bonchev–Trinajstić information content (AvgIpc) is 2.47. The molecule has 0 saturated heterocycles. The van der Waals surface area contributed by atoms with Crippen molar-refractivity contribution in [1.82, 2.24) is 0 Å². The highest BCUT2D eigenvalue weighted by atomic mass is 32.2. The van der Waals surface area contributed by atoms with E-state index in [0.717, 1.165) is 18.2 Å². The van der Waals surface area contributed by atoms with Gasteiger partial charge in [0.2, 0.25) is 0 Å². The summed E-state index contributed by atoms with van der Waals surface area (Å²) < 4.78 is 34.7. The number of anilines is 1. The largest absolute Gasteiger partial charge is 0.494 e. The van der Waals surface area contributed by atoms with E-state index in [1.165, 1.54) is 12.1 Å². The van der Waals surface area contributed by atoms with Gasteiger partial charge in [-0.3, -0.25) is 10.1 Å². The van der Waals surface area contributed by atoms with Crippen LogP contribution in [0.3, 0.4) is 0 Å². The molecule has 0 unspecified atom stereocenters. The lowest BCUT2D eigenvalue weighted by Gasteiger charge is -2.09. The van der Waals surface area contributed by atoms with E-state index in [-0.39, 0.29) is 16.3 Å². The molecule has 0 aliphatic heterocycles. The fraction of sp³-hybridized carbons (Fsp3) is 0.143. The first-order valence-electron chi connectivity index (χ1n) is 6.54. The number of hydrogen-bond donors (Lipinski definition) is 1. The smallest absolute Gasteiger partial charge is 0.339 e. The van der Waals surface area contributed by atoms with Crippen molar-refractivity contribution in [1.29, 1.82) is 0 Å². The number of nitrogens with zero attached hydrogens (tertiary/aromatic N) is 1. The van der Waals surface area contributed by atoms with Crippen LogP contribution in [0.2, 0.25) is 0 Å². The molecule has 0 atom stereocenters. The minimum atomic E-state index is -4.23. The maximum atomic E-state index is 12.2. The quantitative estimate of drug-likeness (QED) is 0.371. The predicted octanol–water partition coefficient (Wildman–Crippen LogP) is 2.34. The van der Waals surface area contributed by atoms with Crippen molar-refractivity contribution < 1.29 is 22.3 Å². The molecule has 0 radical (unpaired) electrons. The standard InChI is InChI=1S/C14H14N2O6S/c1-2-21-10-4-3-5-11(8-10)22-23(19,20)12-6-7-13(15)14(9-12)16(17)18/h3-9H,2,15H2,1H3. The molecule has 9 heteroatoms. The minimum absolute atomic E-state index is 0.0374. The Hall–Kier alpha value is -2.81. The van der Waals surface area contributed by atoms with E-state index < -0.39 is 20.7 Å². The molecule has 0 aliphatic rings. The van der Waals surface area contributed by atoms with Crippen LogP contribution in [-0.2, 0) is 10.1 Å². The summed E-state index contributed by atoms with van der Waals surface area (Å²) in [6, 6.07) is 9.21. The van der Waals surface area contributed by atoms with E-state index in [9.17, 15) is 18.5 Å². The lowest BCUT2D eigenvalue weighted by Crippen LogP contribution is -2.10. The molecule has 2 aromatic carbocycles. The zero-order chi connectivity index (χ0) is 17.0. The molecule has 122 valence electrons. The Balaban J connectivity index is 2.34. The Labute approximate surface area is 132 Å². The maximum Gasteiger partial charge on any atom is 0.339 e. The Morgan fingerprint density at radius 1 is 1.17 bits per heavy atom. The van der Waals surface area contributed by atoms with Crippen molar-refractivity contribution in [2.24, 2.45) is 0 Å². The summed E-state index contributed by atoms with van der Waals surface area (Å²) >= 11 is 0. The van der Waals surface area contributed by atoms with Crippen molar-refractivity contribution in [2.45, 2.75) is 11.8 Å². The topological polar surface area (TPSA) is 122 Å². The second-order valence-electron chi connectivity index (χ2n) is 4.42. The minimum Gasteiger partial charge on any atom is -0.494 e. The molecule has 0 fully saturated rings. The molecule has 2 N–H and O–H groups in total. The van der Waals surface area contributed by atoms with Gasteiger partial charge in [0, 0.05) is 12.1 Å². The predicted molar refractivity (Wildman–Crippen MR) is 82.9 cm³/mol. The summed E-state index contributed by atoms with van der Waals surface area (Å²) in [7, 11) is -4.23. The van der Waals surface area contributed by atoms with Crippen LogP contribution >= 0.6 is 0 Å². The van der Waals surface area contributed by atoms with Gasteiger partial charge in [0.05, 0.1) is 11.5 Å². The Kier molecular flexibility index (Phi) is 4.70. The van der Waals surface area contributed by atoms with Gasteiger partial charge in [-0.05, 0) is 31.2 Å². The molecular weight excluding hydrogens is 324 g/mol. The number of hydrogen-bond acceptors (Lipinski definition) is 7. The van der Waals surface area contributed by atoms with Gasteiger partial charge in [-0.25, -0.2) is 0 Å². The van der Waals surface area contributed by atoms with Gasteiger partial charge < -0.3 is 14.7 Å². The normalized spacial score (nSPS) is 11.0. The number of nitrogen functional groups attached to an aromatic ring is 1. The van der Waals surface area contributed by atoms with E-state index >= 15 is 0 Å². The van der Waals surface area contributed by atoms with Gasteiger partial charge in [-0.1, -0.05) is 6.07 Å². The van der Waals surface area contributed by atoms with Gasteiger partial charge in [0.1, 0.15) is 22.1 Å². The van der Waals surface area contributed by atoms with Crippen molar-refractivity contribution >= 4 is 21.5 Å². The molecule has 0 spiro atoms. The van der Waals surface area contributed by atoms with Gasteiger partial charge in [-0.2, -0.15) is 8.42 Å². The zero-order valence-corrected chi connectivity index (χ0v) is 12.9. The van der Waals surface area contributed by atoms with Crippen LogP contribution in [0.1, 0.15) is 6.92 Å². The van der Waals surface area contributed by atoms with Crippen LogP contribution in [0.25, 0.3) is 0 Å². The lowest BCUT2D eigenvalue weighted by molar-refractivity contribution is -0.384. The summed E-state index contributed by atoms with van der Waals surface area (Å²) in [4.78, 5) is 9.73. The fourth-order valence-electron chi connectivity index (χ4n) is 1.79. The molecule has 0 saturated carbocycles. The number of nitro benzene ring substituents is 1. The average molecular weight is 338 g/mol. The van der Waals surface area contributed by atoms with Crippen LogP contribution < -0.4 is 14.7 Å². The third kappa shape index (κ3) is 3.89. The van der Waals surface area contributed by atoms with Crippen molar-refractivity contribution in [3.05, 3.63) is 52.6 Å². The highest BCUT2D eigenvalue weighted by Gasteiger charge is 2.22. The summed E-state index contributed by atoms with van der Waals surface area (Å²) in [6.45, 7) is 2.21. The first-order valence-corrected chi connectivity index (χ1v) is 7.95. The Morgan fingerprint density at radius 3 is 2.52 bits per heavy atom. The SMILES string of the molecule is CCOc1cccc(OS(=O)(=O)c2ccc(N)c([N+](=O)[O-])c2)c1. The van der Waals surface area contributed by atoms with Crippen LogP contribution in [-0.4, -0.2) is 19.9 Å². The molecule has 23 heavy (non-hydrogen) atoms. The molecule has 0 aromatic heterocycles. The molecule has 0 heterocycles.